The molecule has 0 saturated carbocycles. The van der Waals surface area contributed by atoms with Crippen molar-refractivity contribution in [1.29, 1.82) is 0 Å². The fourth-order valence-electron chi connectivity index (χ4n) is 1.82. The van der Waals surface area contributed by atoms with Crippen molar-refractivity contribution in [2.24, 2.45) is 0 Å². The van der Waals surface area contributed by atoms with E-state index in [0.29, 0.717) is 21.1 Å². The van der Waals surface area contributed by atoms with Crippen LogP contribution in [0.3, 0.4) is 0 Å². The van der Waals surface area contributed by atoms with Gasteiger partial charge in [0.05, 0.1) is 27.0 Å². The molecule has 2 aromatic rings. The molecule has 1 aromatic carbocycles. The van der Waals surface area contributed by atoms with E-state index < -0.39 is 5.97 Å². The molecule has 0 unspecified atom stereocenters. The maximum atomic E-state index is 11.7. The van der Waals surface area contributed by atoms with Crippen LogP contribution in [0.4, 0.5) is 5.82 Å². The molecule has 0 aliphatic heterocycles. The number of rotatable bonds is 4. The minimum Gasteiger partial charge on any atom is -0.497 e. The van der Waals surface area contributed by atoms with Gasteiger partial charge in [-0.1, -0.05) is 11.3 Å². The van der Waals surface area contributed by atoms with Gasteiger partial charge in [-0.2, -0.15) is 0 Å². The monoisotopic (exact) mass is 326 g/mol. The van der Waals surface area contributed by atoms with Gasteiger partial charge < -0.3 is 19.9 Å². The second-order valence-corrected chi connectivity index (χ2v) is 5.59. The lowest BCUT2D eigenvalue weighted by Crippen LogP contribution is -2.07. The van der Waals surface area contributed by atoms with Gasteiger partial charge in [0, 0.05) is 6.07 Å². The number of carbonyl (C=O) groups is 1. The normalized spacial score (nSPS) is 10.2. The highest BCUT2D eigenvalue weighted by Crippen LogP contribution is 2.33. The van der Waals surface area contributed by atoms with Crippen molar-refractivity contribution in [2.45, 2.75) is 0 Å². The number of nitrogen functional groups attached to an aromatic ring is 1. The first-order valence-electron chi connectivity index (χ1n) is 5.85. The Morgan fingerprint density at radius 1 is 1.29 bits per heavy atom. The van der Waals surface area contributed by atoms with E-state index in [1.54, 1.807) is 37.0 Å². The summed E-state index contributed by atoms with van der Waals surface area (Å²) in [6.07, 6.45) is 0. The minimum absolute atomic E-state index is 0.211. The Morgan fingerprint density at radius 3 is 2.57 bits per heavy atom. The molecule has 1 aromatic heterocycles. The Hall–Kier alpha value is -2.06. The summed E-state index contributed by atoms with van der Waals surface area (Å²) in [6.45, 7) is 0. The maximum Gasteiger partial charge on any atom is 0.351 e. The number of methoxy groups -OCH3 is 3. The van der Waals surface area contributed by atoms with Crippen LogP contribution >= 0.6 is 23.6 Å². The number of aromatic nitrogens is 1. The molecule has 0 radical (unpaired) electrons. The number of hydrogen-bond acceptors (Lipinski definition) is 7. The van der Waals surface area contributed by atoms with Crippen molar-refractivity contribution >= 4 is 35.3 Å². The molecular formula is C13H14N2O4S2. The van der Waals surface area contributed by atoms with E-state index in [1.807, 2.05) is 0 Å². The molecule has 112 valence electrons. The van der Waals surface area contributed by atoms with Crippen molar-refractivity contribution in [3.05, 3.63) is 27.0 Å². The zero-order valence-corrected chi connectivity index (χ0v) is 13.3. The van der Waals surface area contributed by atoms with Gasteiger partial charge in [0.2, 0.25) is 0 Å². The van der Waals surface area contributed by atoms with E-state index in [0.717, 1.165) is 11.3 Å². The number of benzene rings is 1. The first-order chi connectivity index (χ1) is 10.0. The molecule has 6 nitrogen and oxygen atoms in total. The van der Waals surface area contributed by atoms with Crippen molar-refractivity contribution in [3.8, 4) is 17.2 Å². The highest BCUT2D eigenvalue weighted by atomic mass is 32.1. The second kappa shape index (κ2) is 6.15. The van der Waals surface area contributed by atoms with Crippen LogP contribution in [-0.4, -0.2) is 31.9 Å². The highest BCUT2D eigenvalue weighted by Gasteiger charge is 2.20. The summed E-state index contributed by atoms with van der Waals surface area (Å²) >= 11 is 6.38. The molecule has 0 aliphatic rings. The first kappa shape index (κ1) is 15.3. The molecule has 21 heavy (non-hydrogen) atoms. The van der Waals surface area contributed by atoms with Gasteiger partial charge in [0.15, 0.2) is 8.83 Å². The molecule has 0 saturated heterocycles. The van der Waals surface area contributed by atoms with Crippen LogP contribution < -0.4 is 15.2 Å². The Bertz CT molecular complexity index is 736. The summed E-state index contributed by atoms with van der Waals surface area (Å²) < 4.78 is 17.2. The van der Waals surface area contributed by atoms with Crippen molar-refractivity contribution in [2.75, 3.05) is 27.1 Å². The number of ether oxygens (including phenoxy) is 3. The SMILES string of the molecule is COC(=O)c1sc(=S)n(-c2cc(OC)ccc2OC)c1N. The van der Waals surface area contributed by atoms with Gasteiger partial charge in [0.25, 0.3) is 0 Å². The number of nitrogens with two attached hydrogens (primary N) is 1. The highest BCUT2D eigenvalue weighted by molar-refractivity contribution is 7.73. The molecule has 1 heterocycles. The van der Waals surface area contributed by atoms with Crippen LogP contribution in [0.1, 0.15) is 9.67 Å². The van der Waals surface area contributed by atoms with Crippen LogP contribution in [0.2, 0.25) is 0 Å². The Kier molecular flexibility index (Phi) is 4.49. The third-order valence-corrected chi connectivity index (χ3v) is 4.21. The molecule has 2 rings (SSSR count). The molecular weight excluding hydrogens is 312 g/mol. The molecule has 0 spiro atoms. The number of anilines is 1. The lowest BCUT2D eigenvalue weighted by atomic mass is 10.2. The summed E-state index contributed by atoms with van der Waals surface area (Å²) in [6, 6.07) is 5.24. The summed E-state index contributed by atoms with van der Waals surface area (Å²) in [7, 11) is 4.39. The van der Waals surface area contributed by atoms with Gasteiger partial charge >= 0.3 is 5.97 Å². The van der Waals surface area contributed by atoms with Crippen LogP contribution in [0.25, 0.3) is 5.69 Å². The second-order valence-electron chi connectivity index (χ2n) is 3.95. The largest absolute Gasteiger partial charge is 0.497 e. The quantitative estimate of drug-likeness (QED) is 0.687. The Morgan fingerprint density at radius 2 is 2.00 bits per heavy atom. The topological polar surface area (TPSA) is 75.7 Å². The van der Waals surface area contributed by atoms with E-state index in [1.165, 1.54) is 7.11 Å². The zero-order chi connectivity index (χ0) is 15.6. The van der Waals surface area contributed by atoms with Crippen molar-refractivity contribution in [3.63, 3.8) is 0 Å². The molecule has 0 amide bonds. The van der Waals surface area contributed by atoms with Crippen LogP contribution in [-0.2, 0) is 4.74 Å². The number of carbonyl (C=O) groups excluding carboxylic acids is 1. The Labute approximate surface area is 130 Å². The fraction of sp³-hybridized carbons (Fsp3) is 0.231. The molecule has 0 aliphatic carbocycles. The van der Waals surface area contributed by atoms with E-state index >= 15 is 0 Å². The van der Waals surface area contributed by atoms with Gasteiger partial charge in [-0.05, 0) is 24.4 Å². The van der Waals surface area contributed by atoms with Crippen molar-refractivity contribution in [1.82, 2.24) is 4.57 Å². The predicted octanol–water partition coefficient (Wildman–Crippen LogP) is 2.65. The van der Waals surface area contributed by atoms with E-state index in [9.17, 15) is 4.79 Å². The fourth-order valence-corrected chi connectivity index (χ4v) is 3.10. The van der Waals surface area contributed by atoms with E-state index in [2.05, 4.69) is 0 Å². The maximum absolute atomic E-state index is 11.7. The van der Waals surface area contributed by atoms with Crippen molar-refractivity contribution < 1.29 is 19.0 Å². The minimum atomic E-state index is -0.524. The number of esters is 1. The third-order valence-electron chi connectivity index (χ3n) is 2.84. The molecule has 8 heteroatoms. The summed E-state index contributed by atoms with van der Waals surface area (Å²) in [5.41, 5.74) is 6.64. The zero-order valence-electron chi connectivity index (χ0n) is 11.7. The van der Waals surface area contributed by atoms with Gasteiger partial charge in [-0.25, -0.2) is 4.79 Å². The molecule has 0 fully saturated rings. The van der Waals surface area contributed by atoms with Gasteiger partial charge in [-0.3, -0.25) is 4.57 Å². The van der Waals surface area contributed by atoms with Gasteiger partial charge in [-0.15, -0.1) is 0 Å². The predicted molar refractivity (Wildman–Crippen MR) is 83.3 cm³/mol. The third kappa shape index (κ3) is 2.72. The average Bonchev–Trinajstić information content (AvgIpc) is 2.80. The number of thiazole rings is 1. The average molecular weight is 326 g/mol. The summed E-state index contributed by atoms with van der Waals surface area (Å²) in [5.74, 6) is 0.873. The molecule has 0 bridgehead atoms. The van der Waals surface area contributed by atoms with Crippen LogP contribution in [0, 0.1) is 3.95 Å². The summed E-state index contributed by atoms with van der Waals surface area (Å²) in [5, 5.41) is 0. The lowest BCUT2D eigenvalue weighted by molar-refractivity contribution is 0.0607. The molecule has 0 atom stereocenters. The Balaban J connectivity index is 2.70. The lowest BCUT2D eigenvalue weighted by Gasteiger charge is -2.12. The number of hydrogen-bond donors (Lipinski definition) is 1. The standard InChI is InChI=1S/C13H14N2O4S2/c1-17-7-4-5-9(18-2)8(6-7)15-11(14)10(12(16)19-3)21-13(15)20/h4-6H,14H2,1-3H3. The molecule has 2 N–H and O–H groups in total. The smallest absolute Gasteiger partial charge is 0.351 e. The van der Waals surface area contributed by atoms with Crippen LogP contribution in [0.5, 0.6) is 11.5 Å². The van der Waals surface area contributed by atoms with Gasteiger partial charge in [0.1, 0.15) is 17.3 Å². The summed E-state index contributed by atoms with van der Waals surface area (Å²) in [4.78, 5) is 12.0. The van der Waals surface area contributed by atoms with E-state index in [-0.39, 0.29) is 10.7 Å². The van der Waals surface area contributed by atoms with E-state index in [4.69, 9.17) is 32.2 Å². The van der Waals surface area contributed by atoms with Crippen LogP contribution in [0.15, 0.2) is 18.2 Å². The number of nitrogens with zero attached hydrogens (tertiary/aromatic N) is 1. The first-order valence-corrected chi connectivity index (χ1v) is 7.08.